The number of alkyl halides is 3. The molecule has 2 rings (SSSR count). The predicted octanol–water partition coefficient (Wildman–Crippen LogP) is 2.54. The lowest BCUT2D eigenvalue weighted by Gasteiger charge is -2.10. The maximum Gasteiger partial charge on any atom is 0.418 e. The number of pyridine rings is 1. The average molecular weight is 249 g/mol. The van der Waals surface area contributed by atoms with E-state index in [1.807, 2.05) is 0 Å². The largest absolute Gasteiger partial charge is 0.418 e. The van der Waals surface area contributed by atoms with E-state index in [9.17, 15) is 13.2 Å². The Morgan fingerprint density at radius 2 is 2.00 bits per heavy atom. The van der Waals surface area contributed by atoms with Gasteiger partial charge < -0.3 is 0 Å². The van der Waals surface area contributed by atoms with Gasteiger partial charge in [-0.15, -0.1) is 0 Å². The molecule has 0 radical (unpaired) electrons. The maximum atomic E-state index is 12.6. The molecule has 0 spiro atoms. The second kappa shape index (κ2) is 3.75. The van der Waals surface area contributed by atoms with Crippen molar-refractivity contribution in [3.05, 3.63) is 29.3 Å². The zero-order chi connectivity index (χ0) is 11.8. The van der Waals surface area contributed by atoms with Crippen LogP contribution in [-0.4, -0.2) is 20.2 Å². The zero-order valence-electron chi connectivity index (χ0n) is 7.59. The highest BCUT2D eigenvalue weighted by atomic mass is 35.5. The van der Waals surface area contributed by atoms with Crippen molar-refractivity contribution >= 4 is 11.6 Å². The molecule has 8 heteroatoms. The molecule has 2 heterocycles. The molecular formula is C8H4ClF3N4. The number of halogens is 4. The molecule has 0 aliphatic heterocycles. The molecule has 0 aliphatic carbocycles. The van der Waals surface area contributed by atoms with Crippen LogP contribution in [0.2, 0.25) is 5.15 Å². The molecule has 1 N–H and O–H groups in total. The SMILES string of the molecule is FC(F)(F)c1cnc(Cl)cc1-c1ncn[nH]1. The molecule has 84 valence electrons. The Labute approximate surface area is 92.5 Å². The predicted molar refractivity (Wildman–Crippen MR) is 49.6 cm³/mol. The van der Waals surface area contributed by atoms with Crippen LogP contribution in [0.25, 0.3) is 11.4 Å². The fourth-order valence-corrected chi connectivity index (χ4v) is 1.34. The molecule has 0 saturated carbocycles. The van der Waals surface area contributed by atoms with Crippen molar-refractivity contribution in [1.82, 2.24) is 20.2 Å². The van der Waals surface area contributed by atoms with E-state index in [0.29, 0.717) is 6.20 Å². The summed E-state index contributed by atoms with van der Waals surface area (Å²) < 4.78 is 37.9. The van der Waals surface area contributed by atoms with E-state index >= 15 is 0 Å². The lowest BCUT2D eigenvalue weighted by molar-refractivity contribution is -0.137. The van der Waals surface area contributed by atoms with E-state index in [0.717, 1.165) is 12.4 Å². The Hall–Kier alpha value is -1.63. The minimum absolute atomic E-state index is 0.00312. The normalized spacial score (nSPS) is 11.8. The highest BCUT2D eigenvalue weighted by molar-refractivity contribution is 6.29. The summed E-state index contributed by atoms with van der Waals surface area (Å²) in [5.41, 5.74) is -1.08. The molecule has 0 amide bonds. The van der Waals surface area contributed by atoms with Crippen molar-refractivity contribution in [2.24, 2.45) is 0 Å². The summed E-state index contributed by atoms with van der Waals surface area (Å²) in [5, 5.41) is 5.79. The molecular weight excluding hydrogens is 245 g/mol. The Kier molecular flexibility index (Phi) is 2.55. The van der Waals surface area contributed by atoms with Crippen LogP contribution in [-0.2, 0) is 6.18 Å². The summed E-state index contributed by atoms with van der Waals surface area (Å²) in [4.78, 5) is 7.05. The minimum Gasteiger partial charge on any atom is -0.259 e. The van der Waals surface area contributed by atoms with Gasteiger partial charge in [0.2, 0.25) is 0 Å². The monoisotopic (exact) mass is 248 g/mol. The van der Waals surface area contributed by atoms with Crippen LogP contribution in [0.1, 0.15) is 5.56 Å². The number of rotatable bonds is 1. The van der Waals surface area contributed by atoms with Gasteiger partial charge in [-0.25, -0.2) is 9.97 Å². The van der Waals surface area contributed by atoms with Gasteiger partial charge >= 0.3 is 6.18 Å². The number of aromatic nitrogens is 4. The average Bonchev–Trinajstić information content (AvgIpc) is 2.68. The first-order valence-corrected chi connectivity index (χ1v) is 4.45. The van der Waals surface area contributed by atoms with Gasteiger partial charge in [-0.05, 0) is 6.07 Å². The summed E-state index contributed by atoms with van der Waals surface area (Å²) >= 11 is 5.54. The van der Waals surface area contributed by atoms with Crippen molar-refractivity contribution in [2.45, 2.75) is 6.18 Å². The summed E-state index contributed by atoms with van der Waals surface area (Å²) in [5.74, 6) is -0.00312. The van der Waals surface area contributed by atoms with Crippen LogP contribution < -0.4 is 0 Å². The number of hydrogen-bond donors (Lipinski definition) is 1. The Balaban J connectivity index is 2.63. The number of nitrogens with zero attached hydrogens (tertiary/aromatic N) is 3. The fraction of sp³-hybridized carbons (Fsp3) is 0.125. The van der Waals surface area contributed by atoms with Gasteiger partial charge in [0.1, 0.15) is 11.5 Å². The fourth-order valence-electron chi connectivity index (χ4n) is 1.19. The van der Waals surface area contributed by atoms with Gasteiger partial charge in [0, 0.05) is 11.8 Å². The second-order valence-corrected chi connectivity index (χ2v) is 3.27. The van der Waals surface area contributed by atoms with E-state index in [1.54, 1.807) is 0 Å². The maximum absolute atomic E-state index is 12.6. The lowest BCUT2D eigenvalue weighted by atomic mass is 10.1. The highest BCUT2D eigenvalue weighted by Crippen LogP contribution is 2.36. The Bertz CT molecular complexity index is 494. The third kappa shape index (κ3) is 1.99. The van der Waals surface area contributed by atoms with E-state index in [-0.39, 0.29) is 16.5 Å². The smallest absolute Gasteiger partial charge is 0.259 e. The van der Waals surface area contributed by atoms with Crippen LogP contribution in [0.5, 0.6) is 0 Å². The van der Waals surface area contributed by atoms with Crippen molar-refractivity contribution in [2.75, 3.05) is 0 Å². The summed E-state index contributed by atoms with van der Waals surface area (Å²) in [6.45, 7) is 0. The van der Waals surface area contributed by atoms with Gasteiger partial charge in [0.05, 0.1) is 5.56 Å². The molecule has 0 aliphatic rings. The first-order valence-electron chi connectivity index (χ1n) is 4.07. The van der Waals surface area contributed by atoms with Gasteiger partial charge in [-0.1, -0.05) is 11.6 Å². The second-order valence-electron chi connectivity index (χ2n) is 2.88. The van der Waals surface area contributed by atoms with Crippen LogP contribution in [0, 0.1) is 0 Å². The topological polar surface area (TPSA) is 54.5 Å². The summed E-state index contributed by atoms with van der Waals surface area (Å²) in [6.07, 6.45) is -2.73. The lowest BCUT2D eigenvalue weighted by Crippen LogP contribution is -2.08. The number of H-pyrrole nitrogens is 1. The third-order valence-electron chi connectivity index (χ3n) is 1.85. The molecule has 0 unspecified atom stereocenters. The zero-order valence-corrected chi connectivity index (χ0v) is 8.34. The van der Waals surface area contributed by atoms with Crippen molar-refractivity contribution < 1.29 is 13.2 Å². The third-order valence-corrected chi connectivity index (χ3v) is 2.05. The molecule has 0 aromatic carbocycles. The molecule has 0 bridgehead atoms. The number of hydrogen-bond acceptors (Lipinski definition) is 3. The number of aromatic amines is 1. The van der Waals surface area contributed by atoms with Crippen LogP contribution >= 0.6 is 11.6 Å². The van der Waals surface area contributed by atoms with Gasteiger partial charge in [-0.2, -0.15) is 18.3 Å². The van der Waals surface area contributed by atoms with Crippen LogP contribution in [0.4, 0.5) is 13.2 Å². The van der Waals surface area contributed by atoms with Crippen molar-refractivity contribution in [3.63, 3.8) is 0 Å². The van der Waals surface area contributed by atoms with Gasteiger partial charge in [0.25, 0.3) is 0 Å². The molecule has 0 saturated heterocycles. The molecule has 0 atom stereocenters. The van der Waals surface area contributed by atoms with E-state index in [4.69, 9.17) is 11.6 Å². The van der Waals surface area contributed by atoms with E-state index in [1.165, 1.54) is 0 Å². The quantitative estimate of drug-likeness (QED) is 0.789. The van der Waals surface area contributed by atoms with Gasteiger partial charge in [0.15, 0.2) is 5.82 Å². The van der Waals surface area contributed by atoms with Crippen molar-refractivity contribution in [3.8, 4) is 11.4 Å². The minimum atomic E-state index is -4.51. The van der Waals surface area contributed by atoms with Crippen LogP contribution in [0.15, 0.2) is 18.6 Å². The summed E-state index contributed by atoms with van der Waals surface area (Å²) in [6, 6.07) is 1.09. The Morgan fingerprint density at radius 1 is 1.25 bits per heavy atom. The Morgan fingerprint density at radius 3 is 2.56 bits per heavy atom. The first kappa shape index (κ1) is 10.9. The summed E-state index contributed by atoms with van der Waals surface area (Å²) in [7, 11) is 0. The highest BCUT2D eigenvalue weighted by Gasteiger charge is 2.35. The molecule has 2 aromatic rings. The molecule has 0 fully saturated rings. The molecule has 2 aromatic heterocycles. The van der Waals surface area contributed by atoms with E-state index in [2.05, 4.69) is 20.2 Å². The van der Waals surface area contributed by atoms with Gasteiger partial charge in [-0.3, -0.25) is 5.10 Å². The van der Waals surface area contributed by atoms with E-state index < -0.39 is 11.7 Å². The number of nitrogens with one attached hydrogen (secondary N) is 1. The van der Waals surface area contributed by atoms with Crippen LogP contribution in [0.3, 0.4) is 0 Å². The molecule has 4 nitrogen and oxygen atoms in total. The standard InChI is InChI=1S/C8H4ClF3N4/c9-6-1-4(7-14-3-15-16-7)5(2-13-6)8(10,11)12/h1-3H,(H,14,15,16). The molecule has 16 heavy (non-hydrogen) atoms. The van der Waals surface area contributed by atoms with Crippen molar-refractivity contribution in [1.29, 1.82) is 0 Å². The first-order chi connectivity index (χ1) is 7.48.